The second kappa shape index (κ2) is 4.89. The number of pyridine rings is 1. The maximum atomic E-state index is 13.9. The summed E-state index contributed by atoms with van der Waals surface area (Å²) in [5, 5.41) is 8.10. The molecule has 0 aliphatic carbocycles. The summed E-state index contributed by atoms with van der Waals surface area (Å²) in [5.41, 5.74) is 0.808. The first-order valence-electron chi connectivity index (χ1n) is 6.36. The minimum Gasteiger partial charge on any atom is -0.264 e. The zero-order valence-corrected chi connectivity index (χ0v) is 12.0. The molecule has 0 aliphatic heterocycles. The Labute approximate surface area is 117 Å². The molecular weight excluding hydrogens is 260 g/mol. The van der Waals surface area contributed by atoms with E-state index in [4.69, 9.17) is 0 Å². The van der Waals surface area contributed by atoms with Crippen molar-refractivity contribution < 1.29 is 8.78 Å². The molecule has 0 aromatic carbocycles. The molecule has 2 aromatic heterocycles. The van der Waals surface area contributed by atoms with Gasteiger partial charge < -0.3 is 0 Å². The predicted octanol–water partition coefficient (Wildman–Crippen LogP) is 3.95. The van der Waals surface area contributed by atoms with Crippen molar-refractivity contribution >= 4 is 0 Å². The highest BCUT2D eigenvalue weighted by molar-refractivity contribution is 5.62. The lowest BCUT2D eigenvalue weighted by Gasteiger charge is -2.21. The van der Waals surface area contributed by atoms with Crippen molar-refractivity contribution in [1.29, 1.82) is 0 Å². The molecule has 106 valence electrons. The summed E-state index contributed by atoms with van der Waals surface area (Å²) in [7, 11) is 0. The van der Waals surface area contributed by atoms with Gasteiger partial charge in [0, 0.05) is 30.3 Å². The number of hydrogen-bond donors (Lipinski definition) is 0. The van der Waals surface area contributed by atoms with Gasteiger partial charge in [0.1, 0.15) is 5.69 Å². The van der Waals surface area contributed by atoms with Gasteiger partial charge in [-0.2, -0.15) is 5.10 Å². The van der Waals surface area contributed by atoms with Gasteiger partial charge in [-0.3, -0.25) is 4.98 Å². The zero-order valence-electron chi connectivity index (χ0n) is 12.0. The van der Waals surface area contributed by atoms with Crippen LogP contribution in [-0.4, -0.2) is 15.2 Å². The van der Waals surface area contributed by atoms with Gasteiger partial charge in [0.05, 0.1) is 11.3 Å². The molecular formula is C15H17F2N3. The Hall–Kier alpha value is -1.91. The molecule has 0 bridgehead atoms. The first-order valence-corrected chi connectivity index (χ1v) is 6.36. The van der Waals surface area contributed by atoms with Gasteiger partial charge in [-0.25, -0.2) is 8.78 Å². The zero-order chi connectivity index (χ0) is 15.0. The van der Waals surface area contributed by atoms with Crippen LogP contribution in [0.4, 0.5) is 8.78 Å². The minimum atomic E-state index is -2.99. The van der Waals surface area contributed by atoms with Crippen LogP contribution < -0.4 is 0 Å². The fraction of sp³-hybridized carbons (Fsp3) is 0.400. The van der Waals surface area contributed by atoms with Gasteiger partial charge in [0.15, 0.2) is 0 Å². The third kappa shape index (κ3) is 2.98. The lowest BCUT2D eigenvalue weighted by molar-refractivity contribution is 0.0175. The summed E-state index contributed by atoms with van der Waals surface area (Å²) in [5.74, 6) is -2.99. The van der Waals surface area contributed by atoms with Crippen LogP contribution in [0, 0.1) is 0 Å². The van der Waals surface area contributed by atoms with Gasteiger partial charge in [-0.05, 0) is 18.2 Å². The van der Waals surface area contributed by atoms with Crippen molar-refractivity contribution in [3.63, 3.8) is 0 Å². The standard InChI is InChI=1S/C15H17F2N3/c1-14(2,3)12-8-11(15(4,16)17)13(20-19-12)10-6-5-7-18-9-10/h5-9H,1-4H3. The fourth-order valence-electron chi connectivity index (χ4n) is 1.81. The fourth-order valence-corrected chi connectivity index (χ4v) is 1.81. The van der Waals surface area contributed by atoms with Gasteiger partial charge in [0.2, 0.25) is 0 Å². The van der Waals surface area contributed by atoms with Crippen LogP contribution in [0.2, 0.25) is 0 Å². The Bertz CT molecular complexity index is 599. The number of alkyl halides is 2. The highest BCUT2D eigenvalue weighted by Gasteiger charge is 2.31. The summed E-state index contributed by atoms with van der Waals surface area (Å²) < 4.78 is 27.8. The average Bonchev–Trinajstić information content (AvgIpc) is 2.37. The molecule has 2 aromatic rings. The quantitative estimate of drug-likeness (QED) is 0.834. The number of nitrogens with zero attached hydrogens (tertiary/aromatic N) is 3. The van der Waals surface area contributed by atoms with E-state index in [1.807, 2.05) is 20.8 Å². The molecule has 0 saturated heterocycles. The number of aromatic nitrogens is 3. The average molecular weight is 277 g/mol. The number of rotatable bonds is 2. The Balaban J connectivity index is 2.65. The van der Waals surface area contributed by atoms with E-state index in [-0.39, 0.29) is 16.7 Å². The molecule has 5 heteroatoms. The minimum absolute atomic E-state index is 0.120. The van der Waals surface area contributed by atoms with Crippen LogP contribution in [0.3, 0.4) is 0 Å². The SMILES string of the molecule is CC(C)(C)c1cc(C(C)(F)F)c(-c2cccnc2)nn1. The van der Waals surface area contributed by atoms with Crippen LogP contribution in [0.5, 0.6) is 0 Å². The first kappa shape index (κ1) is 14.5. The lowest BCUT2D eigenvalue weighted by Crippen LogP contribution is -2.19. The summed E-state index contributed by atoms with van der Waals surface area (Å²) in [6.07, 6.45) is 3.10. The smallest absolute Gasteiger partial charge is 0.264 e. The number of halogens is 2. The molecule has 20 heavy (non-hydrogen) atoms. The van der Waals surface area contributed by atoms with E-state index in [1.54, 1.807) is 18.3 Å². The summed E-state index contributed by atoms with van der Waals surface area (Å²) in [4.78, 5) is 3.94. The van der Waals surface area contributed by atoms with Crippen LogP contribution in [-0.2, 0) is 11.3 Å². The maximum Gasteiger partial charge on any atom is 0.272 e. The van der Waals surface area contributed by atoms with Crippen LogP contribution in [0.25, 0.3) is 11.3 Å². The van der Waals surface area contributed by atoms with E-state index in [9.17, 15) is 8.78 Å². The van der Waals surface area contributed by atoms with Crippen LogP contribution in [0.15, 0.2) is 30.6 Å². The number of hydrogen-bond acceptors (Lipinski definition) is 3. The molecule has 2 heterocycles. The Kier molecular flexibility index (Phi) is 3.54. The van der Waals surface area contributed by atoms with E-state index >= 15 is 0 Å². The van der Waals surface area contributed by atoms with E-state index in [2.05, 4.69) is 15.2 Å². The molecule has 0 fully saturated rings. The second-order valence-electron chi connectivity index (χ2n) is 5.87. The molecule has 0 spiro atoms. The molecule has 0 N–H and O–H groups in total. The largest absolute Gasteiger partial charge is 0.272 e. The van der Waals surface area contributed by atoms with Crippen LogP contribution in [0.1, 0.15) is 39.0 Å². The van der Waals surface area contributed by atoms with Crippen molar-refractivity contribution in [1.82, 2.24) is 15.2 Å². The van der Waals surface area contributed by atoms with E-state index in [0.29, 0.717) is 11.3 Å². The lowest BCUT2D eigenvalue weighted by atomic mass is 9.90. The Morgan fingerprint density at radius 1 is 1.05 bits per heavy atom. The van der Waals surface area contributed by atoms with Gasteiger partial charge in [0.25, 0.3) is 5.92 Å². The monoisotopic (exact) mass is 277 g/mol. The first-order chi connectivity index (χ1) is 9.19. The van der Waals surface area contributed by atoms with Crippen molar-refractivity contribution in [3.8, 4) is 11.3 Å². The summed E-state index contributed by atoms with van der Waals surface area (Å²) in [6, 6.07) is 4.82. The Morgan fingerprint density at radius 2 is 1.75 bits per heavy atom. The van der Waals surface area contributed by atoms with Crippen molar-refractivity contribution in [2.24, 2.45) is 0 Å². The van der Waals surface area contributed by atoms with Gasteiger partial charge in [-0.1, -0.05) is 20.8 Å². The molecule has 0 radical (unpaired) electrons. The van der Waals surface area contributed by atoms with Crippen molar-refractivity contribution in [2.75, 3.05) is 0 Å². The van der Waals surface area contributed by atoms with E-state index < -0.39 is 5.92 Å². The summed E-state index contributed by atoms with van der Waals surface area (Å²) in [6.45, 7) is 6.62. The Morgan fingerprint density at radius 3 is 2.25 bits per heavy atom. The van der Waals surface area contributed by atoms with Gasteiger partial charge in [-0.15, -0.1) is 5.10 Å². The van der Waals surface area contributed by atoms with Crippen molar-refractivity contribution in [3.05, 3.63) is 41.9 Å². The summed E-state index contributed by atoms with van der Waals surface area (Å²) >= 11 is 0. The second-order valence-corrected chi connectivity index (χ2v) is 5.87. The van der Waals surface area contributed by atoms with E-state index in [0.717, 1.165) is 6.92 Å². The normalized spacial score (nSPS) is 12.5. The molecule has 0 aliphatic rings. The third-order valence-electron chi connectivity index (χ3n) is 2.97. The third-order valence-corrected chi connectivity index (χ3v) is 2.97. The maximum absolute atomic E-state index is 13.9. The van der Waals surface area contributed by atoms with Crippen LogP contribution >= 0.6 is 0 Å². The van der Waals surface area contributed by atoms with E-state index in [1.165, 1.54) is 12.3 Å². The van der Waals surface area contributed by atoms with Gasteiger partial charge >= 0.3 is 0 Å². The molecule has 3 nitrogen and oxygen atoms in total. The van der Waals surface area contributed by atoms with Crippen molar-refractivity contribution in [2.45, 2.75) is 39.0 Å². The highest BCUT2D eigenvalue weighted by atomic mass is 19.3. The highest BCUT2D eigenvalue weighted by Crippen LogP contribution is 2.35. The molecule has 0 saturated carbocycles. The molecule has 0 unspecified atom stereocenters. The predicted molar refractivity (Wildman–Crippen MR) is 73.5 cm³/mol. The molecule has 0 amide bonds. The topological polar surface area (TPSA) is 38.7 Å². The molecule has 2 rings (SSSR count). The molecule has 0 atom stereocenters.